The molecule has 0 fully saturated rings. The molecule has 1 aliphatic rings. The third kappa shape index (κ3) is 2.74. The zero-order valence-corrected chi connectivity index (χ0v) is 13.3. The number of nitrogens with one attached hydrogen (secondary N) is 1. The van der Waals surface area contributed by atoms with Gasteiger partial charge in [0.25, 0.3) is 0 Å². The zero-order valence-electron chi connectivity index (χ0n) is 11.7. The largest absolute Gasteiger partial charge is 0.384 e. The van der Waals surface area contributed by atoms with Crippen LogP contribution in [0.1, 0.15) is 34.8 Å². The molecule has 0 radical (unpaired) electrons. The molecule has 1 unspecified atom stereocenters. The molecule has 3 nitrogen and oxygen atoms in total. The third-order valence-corrected chi connectivity index (χ3v) is 4.94. The van der Waals surface area contributed by atoms with Crippen LogP contribution >= 0.6 is 15.9 Å². The normalized spacial score (nSPS) is 15.3. The van der Waals surface area contributed by atoms with E-state index in [0.29, 0.717) is 6.42 Å². The van der Waals surface area contributed by atoms with Gasteiger partial charge in [-0.15, -0.1) is 0 Å². The molecular weight excluding hydrogens is 330 g/mol. The van der Waals surface area contributed by atoms with Crippen LogP contribution in [0.4, 0.5) is 5.69 Å². The summed E-state index contributed by atoms with van der Waals surface area (Å²) in [6.07, 6.45) is 0.541. The van der Waals surface area contributed by atoms with Gasteiger partial charge in [0.2, 0.25) is 5.91 Å². The van der Waals surface area contributed by atoms with Gasteiger partial charge >= 0.3 is 0 Å². The van der Waals surface area contributed by atoms with Crippen LogP contribution in [-0.4, -0.2) is 11.0 Å². The summed E-state index contributed by atoms with van der Waals surface area (Å²) in [5.74, 6) is 0.0530. The van der Waals surface area contributed by atoms with Crippen molar-refractivity contribution in [2.45, 2.75) is 25.9 Å². The predicted molar refractivity (Wildman–Crippen MR) is 86.3 cm³/mol. The number of aliphatic hydroxyl groups is 1. The van der Waals surface area contributed by atoms with E-state index in [9.17, 15) is 9.90 Å². The highest BCUT2D eigenvalue weighted by Crippen LogP contribution is 2.33. The number of amides is 1. The van der Waals surface area contributed by atoms with E-state index in [-0.39, 0.29) is 5.91 Å². The summed E-state index contributed by atoms with van der Waals surface area (Å²) in [6, 6.07) is 11.6. The Bertz CT molecular complexity index is 712. The van der Waals surface area contributed by atoms with E-state index in [1.807, 2.05) is 43.3 Å². The number of fused-ring (bicyclic) bond motifs is 1. The predicted octanol–water partition coefficient (Wildman–Crippen LogP) is 3.72. The summed E-state index contributed by atoms with van der Waals surface area (Å²) in [5, 5.41) is 13.5. The molecule has 21 heavy (non-hydrogen) atoms. The molecule has 2 aromatic carbocycles. The number of rotatable bonds is 2. The van der Waals surface area contributed by atoms with Gasteiger partial charge in [0, 0.05) is 16.6 Å². The molecule has 1 atom stereocenters. The summed E-state index contributed by atoms with van der Waals surface area (Å²) >= 11 is 3.54. The van der Waals surface area contributed by atoms with Gasteiger partial charge in [0.1, 0.15) is 6.10 Å². The molecule has 2 aromatic rings. The number of hydrogen-bond donors (Lipinski definition) is 2. The standard InChI is InChI=1S/C17H16BrNO2/c1-10-3-2-4-13(16(10)18)17(21)12-5-7-14-11(9-12)6-8-15(20)19-14/h2-5,7,9,17,21H,6,8H2,1H3,(H,19,20). The zero-order chi connectivity index (χ0) is 15.0. The highest BCUT2D eigenvalue weighted by molar-refractivity contribution is 9.10. The molecule has 0 saturated heterocycles. The summed E-state index contributed by atoms with van der Waals surface area (Å²) < 4.78 is 0.934. The van der Waals surface area contributed by atoms with E-state index in [1.165, 1.54) is 0 Å². The lowest BCUT2D eigenvalue weighted by molar-refractivity contribution is -0.116. The maximum Gasteiger partial charge on any atom is 0.224 e. The maximum atomic E-state index is 11.4. The average Bonchev–Trinajstić information content (AvgIpc) is 2.49. The number of anilines is 1. The highest BCUT2D eigenvalue weighted by atomic mass is 79.9. The summed E-state index contributed by atoms with van der Waals surface area (Å²) in [7, 11) is 0. The first kappa shape index (κ1) is 14.3. The Labute approximate surface area is 132 Å². The van der Waals surface area contributed by atoms with Gasteiger partial charge in [-0.1, -0.05) is 46.3 Å². The van der Waals surface area contributed by atoms with Crippen LogP contribution in [0.5, 0.6) is 0 Å². The van der Waals surface area contributed by atoms with Gasteiger partial charge in [0.05, 0.1) is 0 Å². The van der Waals surface area contributed by atoms with Crippen LogP contribution in [-0.2, 0) is 11.2 Å². The van der Waals surface area contributed by atoms with Crippen molar-refractivity contribution < 1.29 is 9.90 Å². The first-order chi connectivity index (χ1) is 10.1. The number of aryl methyl sites for hydroxylation is 2. The Kier molecular flexibility index (Phi) is 3.83. The van der Waals surface area contributed by atoms with Crippen molar-refractivity contribution in [1.82, 2.24) is 0 Å². The molecule has 1 amide bonds. The number of hydrogen-bond acceptors (Lipinski definition) is 2. The minimum atomic E-state index is -0.679. The molecule has 2 N–H and O–H groups in total. The lowest BCUT2D eigenvalue weighted by Crippen LogP contribution is -2.19. The van der Waals surface area contributed by atoms with Crippen molar-refractivity contribution in [2.24, 2.45) is 0 Å². The monoisotopic (exact) mass is 345 g/mol. The summed E-state index contributed by atoms with van der Waals surface area (Å²) in [5.41, 5.74) is 4.73. The Balaban J connectivity index is 1.97. The molecule has 0 spiro atoms. The molecule has 0 bridgehead atoms. The topological polar surface area (TPSA) is 49.3 Å². The fourth-order valence-electron chi connectivity index (χ4n) is 2.63. The molecule has 3 rings (SSSR count). The molecule has 0 aliphatic carbocycles. The molecular formula is C17H16BrNO2. The van der Waals surface area contributed by atoms with E-state index in [4.69, 9.17) is 0 Å². The molecule has 108 valence electrons. The van der Waals surface area contributed by atoms with Crippen LogP contribution in [0, 0.1) is 6.92 Å². The van der Waals surface area contributed by atoms with Crippen molar-refractivity contribution >= 4 is 27.5 Å². The fraction of sp³-hybridized carbons (Fsp3) is 0.235. The number of halogens is 1. The van der Waals surface area contributed by atoms with E-state index in [0.717, 1.165) is 38.8 Å². The van der Waals surface area contributed by atoms with E-state index < -0.39 is 6.10 Å². The molecule has 0 aromatic heterocycles. The second-order valence-electron chi connectivity index (χ2n) is 5.35. The smallest absolute Gasteiger partial charge is 0.224 e. The van der Waals surface area contributed by atoms with Gasteiger partial charge < -0.3 is 10.4 Å². The number of carbonyl (C=O) groups excluding carboxylic acids is 1. The minimum absolute atomic E-state index is 0.0530. The Hall–Kier alpha value is -1.65. The first-order valence-corrected chi connectivity index (χ1v) is 7.71. The molecule has 4 heteroatoms. The quantitative estimate of drug-likeness (QED) is 0.871. The number of aliphatic hydroxyl groups excluding tert-OH is 1. The average molecular weight is 346 g/mol. The van der Waals surface area contributed by atoms with Gasteiger partial charge in [-0.2, -0.15) is 0 Å². The summed E-state index contributed by atoms with van der Waals surface area (Å²) in [4.78, 5) is 11.4. The first-order valence-electron chi connectivity index (χ1n) is 6.92. The van der Waals surface area contributed by atoms with Gasteiger partial charge in [-0.3, -0.25) is 4.79 Å². The Morgan fingerprint density at radius 3 is 2.86 bits per heavy atom. The van der Waals surface area contributed by atoms with Gasteiger partial charge in [-0.25, -0.2) is 0 Å². The van der Waals surface area contributed by atoms with Gasteiger partial charge in [0.15, 0.2) is 0 Å². The number of benzene rings is 2. The second kappa shape index (κ2) is 5.62. The van der Waals surface area contributed by atoms with Crippen LogP contribution in [0.25, 0.3) is 0 Å². The Morgan fingerprint density at radius 1 is 1.24 bits per heavy atom. The van der Waals surface area contributed by atoms with E-state index in [1.54, 1.807) is 0 Å². The van der Waals surface area contributed by atoms with Crippen molar-refractivity contribution in [3.63, 3.8) is 0 Å². The highest BCUT2D eigenvalue weighted by Gasteiger charge is 2.19. The fourth-order valence-corrected chi connectivity index (χ4v) is 3.12. The van der Waals surface area contributed by atoms with Crippen LogP contribution in [0.3, 0.4) is 0 Å². The van der Waals surface area contributed by atoms with Crippen molar-refractivity contribution in [3.8, 4) is 0 Å². The molecule has 1 heterocycles. The van der Waals surface area contributed by atoms with Crippen LogP contribution in [0.2, 0.25) is 0 Å². The van der Waals surface area contributed by atoms with E-state index >= 15 is 0 Å². The van der Waals surface area contributed by atoms with Gasteiger partial charge in [-0.05, 0) is 41.7 Å². The second-order valence-corrected chi connectivity index (χ2v) is 6.14. The molecule has 0 saturated carbocycles. The summed E-state index contributed by atoms with van der Waals surface area (Å²) in [6.45, 7) is 2.00. The van der Waals surface area contributed by atoms with Crippen molar-refractivity contribution in [1.29, 1.82) is 0 Å². The number of carbonyl (C=O) groups is 1. The third-order valence-electron chi connectivity index (χ3n) is 3.86. The van der Waals surface area contributed by atoms with Crippen LogP contribution < -0.4 is 5.32 Å². The van der Waals surface area contributed by atoms with Crippen LogP contribution in [0.15, 0.2) is 40.9 Å². The maximum absolute atomic E-state index is 11.4. The van der Waals surface area contributed by atoms with E-state index in [2.05, 4.69) is 21.2 Å². The van der Waals surface area contributed by atoms with Crippen molar-refractivity contribution in [3.05, 3.63) is 63.1 Å². The Morgan fingerprint density at radius 2 is 2.05 bits per heavy atom. The molecule has 1 aliphatic heterocycles. The lowest BCUT2D eigenvalue weighted by Gasteiger charge is -2.20. The lowest BCUT2D eigenvalue weighted by atomic mass is 9.95. The SMILES string of the molecule is Cc1cccc(C(O)c2ccc3c(c2)CCC(=O)N3)c1Br. The minimum Gasteiger partial charge on any atom is -0.384 e. The van der Waals surface area contributed by atoms with Crippen molar-refractivity contribution in [2.75, 3.05) is 5.32 Å².